The van der Waals surface area contributed by atoms with Gasteiger partial charge in [-0.15, -0.1) is 0 Å². The Bertz CT molecular complexity index is 247. The third-order valence-corrected chi connectivity index (χ3v) is 3.76. The minimum absolute atomic E-state index is 0.382. The topological polar surface area (TPSA) is 0 Å². The zero-order chi connectivity index (χ0) is 9.47. The molecule has 0 nitrogen and oxygen atoms in total. The van der Waals surface area contributed by atoms with E-state index in [1.165, 1.54) is 0 Å². The van der Waals surface area contributed by atoms with Crippen molar-refractivity contribution in [2.75, 3.05) is 0 Å². The van der Waals surface area contributed by atoms with Crippen LogP contribution in [0.15, 0.2) is 10.5 Å². The molecule has 2 rings (SSSR count). The Labute approximate surface area is 79.6 Å². The lowest BCUT2D eigenvalue weighted by atomic mass is 10.1. The van der Waals surface area contributed by atoms with Crippen LogP contribution in [0.5, 0.6) is 0 Å². The van der Waals surface area contributed by atoms with E-state index >= 15 is 0 Å². The first-order valence-corrected chi connectivity index (χ1v) is 5.36. The lowest BCUT2D eigenvalue weighted by Crippen LogP contribution is -2.22. The first-order valence-electron chi connectivity index (χ1n) is 4.54. The van der Waals surface area contributed by atoms with Crippen LogP contribution in [0.25, 0.3) is 0 Å². The monoisotopic (exact) mass is 208 g/mol. The van der Waals surface area contributed by atoms with Crippen LogP contribution in [0.3, 0.4) is 0 Å². The molecule has 1 aliphatic heterocycles. The second kappa shape index (κ2) is 3.23. The van der Waals surface area contributed by atoms with Gasteiger partial charge in [-0.2, -0.15) is 8.78 Å². The second-order valence-corrected chi connectivity index (χ2v) is 4.78. The number of hydrogen-bond acceptors (Lipinski definition) is 1. The van der Waals surface area contributed by atoms with Crippen molar-refractivity contribution in [2.45, 2.75) is 43.5 Å². The molecule has 0 amide bonds. The molecule has 0 saturated heterocycles. The Morgan fingerprint density at radius 2 is 1.85 bits per heavy atom. The molecule has 0 spiro atoms. The molecule has 0 aromatic heterocycles. The van der Waals surface area contributed by atoms with E-state index in [0.717, 1.165) is 19.3 Å². The van der Waals surface area contributed by atoms with Crippen molar-refractivity contribution in [3.05, 3.63) is 10.5 Å². The highest BCUT2D eigenvalue weighted by Gasteiger charge is 2.50. The van der Waals surface area contributed by atoms with Crippen LogP contribution in [0, 0.1) is 0 Å². The van der Waals surface area contributed by atoms with Gasteiger partial charge in [0.1, 0.15) is 0 Å². The van der Waals surface area contributed by atoms with Crippen molar-refractivity contribution < 1.29 is 13.2 Å². The molecule has 0 N–H and O–H groups in total. The standard InChI is InChI=1S/C9H11F3S/c10-8-6-4-2-1-3-5-7(6)13-9(8,11)12/h8H,1-5H2. The molecule has 1 heterocycles. The Kier molecular flexibility index (Phi) is 2.34. The maximum atomic E-state index is 13.2. The first kappa shape index (κ1) is 9.44. The van der Waals surface area contributed by atoms with E-state index in [1.807, 2.05) is 0 Å². The highest BCUT2D eigenvalue weighted by Crippen LogP contribution is 2.53. The number of hydrogen-bond donors (Lipinski definition) is 0. The van der Waals surface area contributed by atoms with Gasteiger partial charge >= 0.3 is 5.25 Å². The van der Waals surface area contributed by atoms with Crippen LogP contribution in [-0.2, 0) is 0 Å². The summed E-state index contributed by atoms with van der Waals surface area (Å²) < 4.78 is 39.0. The molecular weight excluding hydrogens is 197 g/mol. The predicted octanol–water partition coefficient (Wildman–Crippen LogP) is 3.88. The minimum Gasteiger partial charge on any atom is -0.235 e. The molecule has 4 heteroatoms. The molecule has 0 radical (unpaired) electrons. The molecule has 13 heavy (non-hydrogen) atoms. The average molecular weight is 208 g/mol. The predicted molar refractivity (Wildman–Crippen MR) is 47.5 cm³/mol. The average Bonchev–Trinajstić information content (AvgIpc) is 2.29. The quantitative estimate of drug-likeness (QED) is 0.582. The molecule has 1 atom stereocenters. The summed E-state index contributed by atoms with van der Waals surface area (Å²) in [6, 6.07) is 0. The lowest BCUT2D eigenvalue weighted by Gasteiger charge is -2.13. The summed E-state index contributed by atoms with van der Waals surface area (Å²) in [5.41, 5.74) is 0.382. The molecular formula is C9H11F3S. The molecule has 0 saturated carbocycles. The molecule has 0 aromatic carbocycles. The van der Waals surface area contributed by atoms with E-state index in [4.69, 9.17) is 0 Å². The zero-order valence-corrected chi connectivity index (χ0v) is 7.97. The van der Waals surface area contributed by atoms with Crippen LogP contribution < -0.4 is 0 Å². The van der Waals surface area contributed by atoms with E-state index < -0.39 is 11.4 Å². The normalized spacial score (nSPS) is 33.0. The van der Waals surface area contributed by atoms with Crippen LogP contribution in [0.2, 0.25) is 0 Å². The van der Waals surface area contributed by atoms with Gasteiger partial charge < -0.3 is 0 Å². The van der Waals surface area contributed by atoms with Gasteiger partial charge in [0, 0.05) is 0 Å². The van der Waals surface area contributed by atoms with E-state index in [-0.39, 0.29) is 0 Å². The third kappa shape index (κ3) is 1.60. The fourth-order valence-corrected chi connectivity index (χ4v) is 3.04. The van der Waals surface area contributed by atoms with E-state index in [0.29, 0.717) is 35.1 Å². The molecule has 1 unspecified atom stereocenters. The summed E-state index contributed by atoms with van der Waals surface area (Å²) in [7, 11) is 0. The number of alkyl halides is 3. The Morgan fingerprint density at radius 1 is 1.15 bits per heavy atom. The van der Waals surface area contributed by atoms with Gasteiger partial charge in [0.05, 0.1) is 0 Å². The van der Waals surface area contributed by atoms with Crippen molar-refractivity contribution in [1.29, 1.82) is 0 Å². The second-order valence-electron chi connectivity index (χ2n) is 3.54. The summed E-state index contributed by atoms with van der Waals surface area (Å²) in [6.07, 6.45) is 1.97. The van der Waals surface area contributed by atoms with E-state index in [2.05, 4.69) is 0 Å². The first-order chi connectivity index (χ1) is 6.11. The van der Waals surface area contributed by atoms with Gasteiger partial charge in [0.25, 0.3) is 0 Å². The summed E-state index contributed by atoms with van der Waals surface area (Å²) in [6.45, 7) is 0. The van der Waals surface area contributed by atoms with Crippen LogP contribution in [0.1, 0.15) is 32.1 Å². The Morgan fingerprint density at radius 3 is 2.62 bits per heavy atom. The smallest absolute Gasteiger partial charge is 0.235 e. The van der Waals surface area contributed by atoms with Gasteiger partial charge in [-0.05, 0) is 36.2 Å². The van der Waals surface area contributed by atoms with E-state index in [9.17, 15) is 13.2 Å². The van der Waals surface area contributed by atoms with Crippen molar-refractivity contribution in [2.24, 2.45) is 0 Å². The molecule has 2 aliphatic rings. The van der Waals surface area contributed by atoms with Gasteiger partial charge in [-0.3, -0.25) is 0 Å². The van der Waals surface area contributed by atoms with Gasteiger partial charge in [0.15, 0.2) is 6.17 Å². The Hall–Kier alpha value is -0.120. The fourth-order valence-electron chi connectivity index (χ4n) is 1.88. The molecule has 74 valence electrons. The maximum absolute atomic E-state index is 13.2. The number of rotatable bonds is 0. The van der Waals surface area contributed by atoms with Gasteiger partial charge in [0.2, 0.25) is 0 Å². The van der Waals surface area contributed by atoms with E-state index in [1.54, 1.807) is 0 Å². The van der Waals surface area contributed by atoms with Crippen LogP contribution in [-0.4, -0.2) is 11.4 Å². The Balaban J connectivity index is 2.22. The van der Waals surface area contributed by atoms with Gasteiger partial charge in [-0.25, -0.2) is 4.39 Å². The maximum Gasteiger partial charge on any atom is 0.332 e. The van der Waals surface area contributed by atoms with Crippen molar-refractivity contribution in [3.8, 4) is 0 Å². The summed E-state index contributed by atoms with van der Waals surface area (Å²) >= 11 is 0.444. The van der Waals surface area contributed by atoms with Crippen molar-refractivity contribution in [1.82, 2.24) is 0 Å². The SMILES string of the molecule is FC1C2=C(CCCCC2)SC1(F)F. The van der Waals surface area contributed by atoms with Crippen LogP contribution >= 0.6 is 11.8 Å². The van der Waals surface area contributed by atoms with Crippen molar-refractivity contribution in [3.63, 3.8) is 0 Å². The summed E-state index contributed by atoms with van der Waals surface area (Å²) in [5, 5.41) is -3.19. The number of halogens is 3. The molecule has 1 aliphatic carbocycles. The zero-order valence-electron chi connectivity index (χ0n) is 7.16. The third-order valence-electron chi connectivity index (χ3n) is 2.57. The fraction of sp³-hybridized carbons (Fsp3) is 0.778. The highest BCUT2D eigenvalue weighted by atomic mass is 32.2. The molecule has 0 aromatic rings. The minimum atomic E-state index is -3.19. The largest absolute Gasteiger partial charge is 0.332 e. The van der Waals surface area contributed by atoms with Crippen molar-refractivity contribution >= 4 is 11.8 Å². The van der Waals surface area contributed by atoms with Crippen LogP contribution in [0.4, 0.5) is 13.2 Å². The number of thioether (sulfide) groups is 1. The molecule has 0 bridgehead atoms. The summed E-state index contributed by atoms with van der Waals surface area (Å²) in [5.74, 6) is 0. The van der Waals surface area contributed by atoms with Gasteiger partial charge in [-0.1, -0.05) is 18.2 Å². The molecule has 0 fully saturated rings. The lowest BCUT2D eigenvalue weighted by molar-refractivity contribution is 0.0356. The highest BCUT2D eigenvalue weighted by molar-refractivity contribution is 8.04. The summed E-state index contributed by atoms with van der Waals surface area (Å²) in [4.78, 5) is 0.620. The number of allylic oxidation sites excluding steroid dienone is 2.